The van der Waals surface area contributed by atoms with Crippen LogP contribution in [0.1, 0.15) is 17.2 Å². The zero-order valence-electron chi connectivity index (χ0n) is 13.9. The molecule has 0 fully saturated rings. The third kappa shape index (κ3) is 2.95. The molecule has 0 bridgehead atoms. The number of nitrogens with one attached hydrogen (secondary N) is 3. The molecule has 0 amide bonds. The summed E-state index contributed by atoms with van der Waals surface area (Å²) in [6.07, 6.45) is 3.54. The standard InChI is InChI=1S/C21H16FN3O/c22-17-8-2-1-7-15(17)20(25-18-9-3-4-12-23-18)16-11-10-14-6-5-13-24-19(14)21(16)26/h1-13,20,26H,(H,23,25)/p+2. The van der Waals surface area contributed by atoms with E-state index in [4.69, 9.17) is 0 Å². The second kappa shape index (κ2) is 6.80. The van der Waals surface area contributed by atoms with E-state index in [9.17, 15) is 9.50 Å². The summed E-state index contributed by atoms with van der Waals surface area (Å²) in [6, 6.07) is 19.1. The predicted molar refractivity (Wildman–Crippen MR) is 97.0 cm³/mol. The van der Waals surface area contributed by atoms with E-state index in [1.807, 2.05) is 42.5 Å². The smallest absolute Gasteiger partial charge is 0.272 e. The van der Waals surface area contributed by atoms with Gasteiger partial charge in [-0.2, -0.15) is 0 Å². The Morgan fingerprint density at radius 2 is 1.62 bits per heavy atom. The lowest BCUT2D eigenvalue weighted by Gasteiger charge is -2.17. The molecular weight excluding hydrogens is 329 g/mol. The molecule has 0 aliphatic carbocycles. The van der Waals surface area contributed by atoms with Crippen molar-refractivity contribution in [3.63, 3.8) is 0 Å². The summed E-state index contributed by atoms with van der Waals surface area (Å²) < 4.78 is 14.5. The molecule has 2 aromatic heterocycles. The molecule has 2 heterocycles. The number of phenolic OH excluding ortho intramolecular Hbond substituents is 1. The van der Waals surface area contributed by atoms with Crippen LogP contribution in [0, 0.1) is 5.82 Å². The highest BCUT2D eigenvalue weighted by Gasteiger charge is 2.27. The van der Waals surface area contributed by atoms with E-state index in [-0.39, 0.29) is 11.6 Å². The van der Waals surface area contributed by atoms with Gasteiger partial charge < -0.3 is 5.11 Å². The Balaban J connectivity index is 1.88. The Morgan fingerprint density at radius 3 is 2.42 bits per heavy atom. The van der Waals surface area contributed by atoms with Crippen molar-refractivity contribution >= 4 is 16.7 Å². The molecule has 0 saturated heterocycles. The van der Waals surface area contributed by atoms with Gasteiger partial charge in [-0.05, 0) is 30.3 Å². The molecule has 0 aliphatic heterocycles. The summed E-state index contributed by atoms with van der Waals surface area (Å²) in [5.41, 5.74) is 1.66. The van der Waals surface area contributed by atoms with Gasteiger partial charge in [-0.25, -0.2) is 14.4 Å². The normalized spacial score (nSPS) is 12.0. The number of pyridine rings is 2. The van der Waals surface area contributed by atoms with Crippen LogP contribution in [0.4, 0.5) is 10.2 Å². The molecule has 4 N–H and O–H groups in total. The molecule has 1 atom stereocenters. The lowest BCUT2D eigenvalue weighted by molar-refractivity contribution is -0.361. The van der Waals surface area contributed by atoms with Crippen molar-refractivity contribution < 1.29 is 19.5 Å². The number of fused-ring (bicyclic) bond motifs is 1. The van der Waals surface area contributed by atoms with Crippen LogP contribution in [0.2, 0.25) is 0 Å². The minimum atomic E-state index is -0.562. The van der Waals surface area contributed by atoms with Gasteiger partial charge >= 0.3 is 0 Å². The van der Waals surface area contributed by atoms with Crippen molar-refractivity contribution in [1.29, 1.82) is 0 Å². The monoisotopic (exact) mass is 347 g/mol. The molecule has 0 saturated carbocycles. The molecule has 4 aromatic rings. The fraction of sp³-hybridized carbons (Fsp3) is 0.0476. The maximum absolute atomic E-state index is 14.5. The second-order valence-corrected chi connectivity index (χ2v) is 6.01. The van der Waals surface area contributed by atoms with Crippen molar-refractivity contribution in [1.82, 2.24) is 0 Å². The van der Waals surface area contributed by atoms with Crippen molar-refractivity contribution in [3.05, 3.63) is 96.1 Å². The molecule has 2 aromatic carbocycles. The van der Waals surface area contributed by atoms with Crippen LogP contribution in [0.25, 0.3) is 10.9 Å². The topological polar surface area (TPSA) is 60.5 Å². The highest BCUT2D eigenvalue weighted by molar-refractivity contribution is 5.83. The van der Waals surface area contributed by atoms with Crippen LogP contribution in [0.15, 0.2) is 79.1 Å². The number of aromatic hydroxyl groups is 1. The summed E-state index contributed by atoms with van der Waals surface area (Å²) in [7, 11) is 0. The highest BCUT2D eigenvalue weighted by Crippen LogP contribution is 2.35. The van der Waals surface area contributed by atoms with Gasteiger partial charge in [0.1, 0.15) is 5.82 Å². The number of halogens is 1. The number of anilines is 1. The SMILES string of the molecule is Oc1c(C(Nc2cccc[nH+]2)c2ccccc2F)ccc2ccc[nH+]c12. The molecule has 128 valence electrons. The molecule has 26 heavy (non-hydrogen) atoms. The minimum absolute atomic E-state index is 0.0970. The Morgan fingerprint density at radius 1 is 0.808 bits per heavy atom. The Hall–Kier alpha value is -3.47. The molecule has 5 heteroatoms. The predicted octanol–water partition coefficient (Wildman–Crippen LogP) is 3.51. The van der Waals surface area contributed by atoms with Crippen LogP contribution < -0.4 is 15.3 Å². The maximum atomic E-state index is 14.5. The molecule has 4 rings (SSSR count). The average molecular weight is 347 g/mol. The Bertz CT molecular complexity index is 1050. The van der Waals surface area contributed by atoms with Gasteiger partial charge in [0.05, 0.1) is 11.6 Å². The summed E-state index contributed by atoms with van der Waals surface area (Å²) in [5.74, 6) is 0.481. The van der Waals surface area contributed by atoms with Gasteiger partial charge in [0.25, 0.3) is 11.3 Å². The van der Waals surface area contributed by atoms with Gasteiger partial charge in [-0.1, -0.05) is 24.3 Å². The van der Waals surface area contributed by atoms with Gasteiger partial charge in [0.2, 0.25) is 0 Å². The van der Waals surface area contributed by atoms with Gasteiger partial charge in [-0.3, -0.25) is 5.32 Å². The first-order valence-corrected chi connectivity index (χ1v) is 8.34. The number of H-pyrrole nitrogens is 2. The quantitative estimate of drug-likeness (QED) is 0.593. The van der Waals surface area contributed by atoms with Crippen molar-refractivity contribution in [2.45, 2.75) is 6.04 Å². The average Bonchev–Trinajstić information content (AvgIpc) is 2.68. The number of phenols is 1. The summed E-state index contributed by atoms with van der Waals surface area (Å²) in [4.78, 5) is 6.16. The summed E-state index contributed by atoms with van der Waals surface area (Å²) in [6.45, 7) is 0. The van der Waals surface area contributed by atoms with E-state index in [1.165, 1.54) is 6.07 Å². The van der Waals surface area contributed by atoms with Crippen molar-refractivity contribution in [2.24, 2.45) is 0 Å². The first kappa shape index (κ1) is 16.0. The van der Waals surface area contributed by atoms with E-state index in [2.05, 4.69) is 15.3 Å². The summed E-state index contributed by atoms with van der Waals surface area (Å²) >= 11 is 0. The largest absolute Gasteiger partial charge is 0.502 e. The van der Waals surface area contributed by atoms with Crippen molar-refractivity contribution in [2.75, 3.05) is 5.32 Å². The molecular formula is C21H18FN3O+2. The zero-order valence-corrected chi connectivity index (χ0v) is 13.9. The number of benzene rings is 2. The number of rotatable bonds is 4. The fourth-order valence-electron chi connectivity index (χ4n) is 3.10. The van der Waals surface area contributed by atoms with Crippen LogP contribution in [0.3, 0.4) is 0 Å². The number of hydrogen-bond acceptors (Lipinski definition) is 2. The Labute approximate surface area is 150 Å². The molecule has 4 nitrogen and oxygen atoms in total. The van der Waals surface area contributed by atoms with E-state index in [0.717, 1.165) is 11.2 Å². The van der Waals surface area contributed by atoms with E-state index in [0.29, 0.717) is 16.6 Å². The molecule has 0 spiro atoms. The van der Waals surface area contributed by atoms with E-state index in [1.54, 1.807) is 30.6 Å². The lowest BCUT2D eigenvalue weighted by Crippen LogP contribution is -2.20. The third-order valence-corrected chi connectivity index (χ3v) is 4.38. The summed E-state index contributed by atoms with van der Waals surface area (Å²) in [5, 5.41) is 15.0. The molecule has 0 aliphatic rings. The highest BCUT2D eigenvalue weighted by atomic mass is 19.1. The Kier molecular flexibility index (Phi) is 4.19. The van der Waals surface area contributed by atoms with Crippen LogP contribution in [0.5, 0.6) is 5.75 Å². The first-order valence-electron chi connectivity index (χ1n) is 8.34. The van der Waals surface area contributed by atoms with Gasteiger partial charge in [0, 0.05) is 23.3 Å². The fourth-order valence-corrected chi connectivity index (χ4v) is 3.10. The molecule has 1 unspecified atom stereocenters. The number of hydrogen-bond donors (Lipinski definition) is 2. The third-order valence-electron chi connectivity index (χ3n) is 4.38. The van der Waals surface area contributed by atoms with Crippen LogP contribution in [-0.2, 0) is 0 Å². The lowest BCUT2D eigenvalue weighted by atomic mass is 9.96. The number of aromatic amines is 2. The van der Waals surface area contributed by atoms with Gasteiger partial charge in [-0.15, -0.1) is 0 Å². The van der Waals surface area contributed by atoms with Gasteiger partial charge in [0.15, 0.2) is 18.0 Å². The first-order chi connectivity index (χ1) is 12.7. The number of aromatic nitrogens is 2. The zero-order chi connectivity index (χ0) is 17.9. The maximum Gasteiger partial charge on any atom is 0.272 e. The second-order valence-electron chi connectivity index (χ2n) is 6.01. The van der Waals surface area contributed by atoms with Crippen LogP contribution in [-0.4, -0.2) is 5.11 Å². The van der Waals surface area contributed by atoms with Crippen LogP contribution >= 0.6 is 0 Å². The van der Waals surface area contributed by atoms with Crippen molar-refractivity contribution in [3.8, 4) is 5.75 Å². The van der Waals surface area contributed by atoms with E-state index < -0.39 is 6.04 Å². The minimum Gasteiger partial charge on any atom is -0.502 e. The molecule has 0 radical (unpaired) electrons. The van der Waals surface area contributed by atoms with E-state index >= 15 is 0 Å².